The van der Waals surface area contributed by atoms with Crippen LogP contribution in [0, 0.1) is 0 Å². The molecule has 0 radical (unpaired) electrons. The molecule has 2 aromatic heterocycles. The zero-order valence-corrected chi connectivity index (χ0v) is 24.2. The van der Waals surface area contributed by atoms with Gasteiger partial charge in [0.15, 0.2) is 0 Å². The summed E-state index contributed by atoms with van der Waals surface area (Å²) in [6, 6.07) is 19.3. The van der Waals surface area contributed by atoms with Crippen molar-refractivity contribution in [3.05, 3.63) is 120 Å². The van der Waals surface area contributed by atoms with Gasteiger partial charge in [-0.1, -0.05) is 24.3 Å². The van der Waals surface area contributed by atoms with Crippen LogP contribution in [0.15, 0.2) is 97.6 Å². The van der Waals surface area contributed by atoms with Gasteiger partial charge >= 0.3 is 16.5 Å². The molecule has 2 aromatic carbocycles. The van der Waals surface area contributed by atoms with E-state index >= 15 is 0 Å². The smallest absolute Gasteiger partial charge is 0.545 e. The molecule has 0 bridgehead atoms. The second kappa shape index (κ2) is 23.3. The molecule has 12 N–H and O–H groups in total. The number of hydrogen-bond donors (Lipinski definition) is 4. The Balaban J connectivity index is -0.000000487. The maximum Gasteiger partial charge on any atom is 2.00 e. The number of nitrogens with zero attached hydrogens (tertiary/aromatic N) is 2. The van der Waals surface area contributed by atoms with Crippen molar-refractivity contribution in [3.8, 4) is 0 Å². The Morgan fingerprint density at radius 2 is 0.884 bits per heavy atom. The molecule has 4 rings (SSSR count). The molecule has 4 aromatic rings. The van der Waals surface area contributed by atoms with E-state index in [4.69, 9.17) is 11.5 Å². The minimum Gasteiger partial charge on any atom is -0.545 e. The fourth-order valence-electron chi connectivity index (χ4n) is 2.56. The number of anilines is 2. The number of primary amides is 2. The number of carboxylic acids is 2. The third-order valence-electron chi connectivity index (χ3n) is 4.71. The van der Waals surface area contributed by atoms with Crippen LogP contribution in [0.25, 0.3) is 0 Å². The summed E-state index contributed by atoms with van der Waals surface area (Å²) in [5, 5.41) is 26.3. The normalized spacial score (nSPS) is 8.42. The average Bonchev–Trinajstić information content (AvgIpc) is 2.99. The number of benzene rings is 2. The van der Waals surface area contributed by atoms with Crippen LogP contribution in [0.3, 0.4) is 0 Å². The van der Waals surface area contributed by atoms with Crippen LogP contribution in [0.5, 0.6) is 0 Å². The van der Waals surface area contributed by atoms with Crippen molar-refractivity contribution in [2.24, 2.45) is 11.5 Å². The number of nitrogens with one attached hydrogen (secondary N) is 2. The number of amides is 2. The average molecular weight is 641 g/mol. The SMILES string of the molecule is CNc1ccc(C(=O)[O-])cc1.CNc1ccc(C(=O)[O-])cc1.NC(=O)c1cccnc1.NC(=O)c1cccnc1.[Ni+2].[OH3+].[OH3+]. The van der Waals surface area contributed by atoms with Gasteiger partial charge in [0, 0.05) is 50.3 Å². The van der Waals surface area contributed by atoms with Crippen molar-refractivity contribution in [1.29, 1.82) is 0 Å². The minimum atomic E-state index is -1.15. The molecule has 232 valence electrons. The number of aromatic nitrogens is 2. The molecule has 0 fully saturated rings. The number of aromatic carboxylic acids is 2. The fourth-order valence-corrected chi connectivity index (χ4v) is 2.56. The first-order valence-corrected chi connectivity index (χ1v) is 11.5. The van der Waals surface area contributed by atoms with Crippen LogP contribution in [-0.4, -0.2) is 47.8 Å². The quantitative estimate of drug-likeness (QED) is 0.143. The first-order valence-electron chi connectivity index (χ1n) is 11.5. The van der Waals surface area contributed by atoms with Crippen LogP contribution >= 0.6 is 0 Å². The Labute approximate surface area is 257 Å². The van der Waals surface area contributed by atoms with Crippen molar-refractivity contribution in [2.75, 3.05) is 24.7 Å². The van der Waals surface area contributed by atoms with Gasteiger partial charge in [0.05, 0.1) is 23.1 Å². The summed E-state index contributed by atoms with van der Waals surface area (Å²) in [5.74, 6) is -3.17. The summed E-state index contributed by atoms with van der Waals surface area (Å²) in [6.07, 6.45) is 6.05. The zero-order valence-electron chi connectivity index (χ0n) is 23.2. The molecule has 15 heteroatoms. The molecular weight excluding hydrogens is 607 g/mol. The molecule has 0 aliphatic carbocycles. The van der Waals surface area contributed by atoms with Gasteiger partial charge in [-0.15, -0.1) is 0 Å². The predicted octanol–water partition coefficient (Wildman–Crippen LogP) is -1.30. The van der Waals surface area contributed by atoms with Gasteiger partial charge in [0.1, 0.15) is 0 Å². The Morgan fingerprint density at radius 3 is 1.05 bits per heavy atom. The Morgan fingerprint density at radius 1 is 0.581 bits per heavy atom. The molecule has 0 spiro atoms. The predicted molar refractivity (Wildman–Crippen MR) is 156 cm³/mol. The van der Waals surface area contributed by atoms with Crippen molar-refractivity contribution in [2.45, 2.75) is 0 Å². The second-order valence-corrected chi connectivity index (χ2v) is 7.44. The molecule has 14 nitrogen and oxygen atoms in total. The van der Waals surface area contributed by atoms with E-state index in [1.165, 1.54) is 36.7 Å². The Bertz CT molecular complexity index is 1250. The number of pyridine rings is 2. The number of carbonyl (C=O) groups excluding carboxylic acids is 4. The van der Waals surface area contributed by atoms with Crippen LogP contribution in [-0.2, 0) is 27.4 Å². The van der Waals surface area contributed by atoms with E-state index in [1.807, 2.05) is 0 Å². The first-order chi connectivity index (χ1) is 19.1. The number of rotatable bonds is 6. The van der Waals surface area contributed by atoms with Crippen molar-refractivity contribution in [3.63, 3.8) is 0 Å². The minimum absolute atomic E-state index is 0. The van der Waals surface area contributed by atoms with Gasteiger partial charge < -0.3 is 52.9 Å². The molecule has 0 aliphatic rings. The van der Waals surface area contributed by atoms with Gasteiger partial charge in [0.2, 0.25) is 11.8 Å². The Hall–Kier alpha value is -5.37. The summed E-state index contributed by atoms with van der Waals surface area (Å²) in [7, 11) is 3.54. The van der Waals surface area contributed by atoms with Gasteiger partial charge in [0.25, 0.3) is 0 Å². The van der Waals surface area contributed by atoms with Gasteiger partial charge in [-0.05, 0) is 59.7 Å². The standard InChI is InChI=1S/2C8H9NO2.2C6H6N2O.Ni.2H2O/c2*1-9-7-4-2-6(3-5-7)8(10)11;2*7-6(9)5-2-1-3-8-4-5;;;/h2*2-5,9H,1H3,(H,10,11);2*1-4H,(H2,7,9);;2*1H2/q;;;;+2;;. The van der Waals surface area contributed by atoms with E-state index in [9.17, 15) is 29.4 Å². The monoisotopic (exact) mass is 640 g/mol. The zero-order chi connectivity index (χ0) is 29.9. The summed E-state index contributed by atoms with van der Waals surface area (Å²) in [4.78, 5) is 48.7. The van der Waals surface area contributed by atoms with Crippen molar-refractivity contribution < 1.29 is 56.8 Å². The Kier molecular flexibility index (Phi) is 22.9. The van der Waals surface area contributed by atoms with Gasteiger partial charge in [-0.3, -0.25) is 19.6 Å². The van der Waals surface area contributed by atoms with Gasteiger partial charge in [-0.25, -0.2) is 0 Å². The van der Waals surface area contributed by atoms with Crippen molar-refractivity contribution >= 4 is 35.1 Å². The van der Waals surface area contributed by atoms with E-state index in [1.54, 1.807) is 75.0 Å². The van der Waals surface area contributed by atoms with Crippen LogP contribution in [0.2, 0.25) is 0 Å². The molecule has 0 saturated heterocycles. The van der Waals surface area contributed by atoms with E-state index in [-0.39, 0.29) is 38.6 Å². The van der Waals surface area contributed by atoms with E-state index in [0.717, 1.165) is 11.4 Å². The number of carbonyl (C=O) groups is 4. The summed E-state index contributed by atoms with van der Waals surface area (Å²) >= 11 is 0. The topological polar surface area (TPSA) is 282 Å². The molecule has 0 aliphatic heterocycles. The summed E-state index contributed by atoms with van der Waals surface area (Å²) < 4.78 is 0. The third kappa shape index (κ3) is 17.1. The number of hydrogen-bond acceptors (Lipinski definition) is 10. The first kappa shape index (κ1) is 42.1. The van der Waals surface area contributed by atoms with Gasteiger partial charge in [-0.2, -0.15) is 0 Å². The van der Waals surface area contributed by atoms with E-state index < -0.39 is 23.8 Å². The third-order valence-corrected chi connectivity index (χ3v) is 4.71. The van der Waals surface area contributed by atoms with E-state index in [2.05, 4.69) is 20.6 Å². The van der Waals surface area contributed by atoms with E-state index in [0.29, 0.717) is 11.1 Å². The maximum atomic E-state index is 10.4. The molecule has 43 heavy (non-hydrogen) atoms. The second-order valence-electron chi connectivity index (χ2n) is 7.44. The maximum absolute atomic E-state index is 10.4. The molecule has 2 amide bonds. The molecule has 2 heterocycles. The molecule has 0 saturated carbocycles. The van der Waals surface area contributed by atoms with Crippen molar-refractivity contribution in [1.82, 2.24) is 9.97 Å². The molecule has 0 unspecified atom stereocenters. The van der Waals surface area contributed by atoms with Crippen LogP contribution in [0.1, 0.15) is 41.4 Å². The number of carboxylic acid groups (broad SMARTS) is 2. The van der Waals surface area contributed by atoms with Crippen LogP contribution < -0.4 is 32.3 Å². The molecule has 0 atom stereocenters. The molecular formula is C28H34N6NiO8+2. The largest absolute Gasteiger partial charge is 2.00 e. The number of nitrogens with two attached hydrogens (primary N) is 2. The summed E-state index contributed by atoms with van der Waals surface area (Å²) in [5.41, 5.74) is 12.9. The fraction of sp³-hybridized carbons (Fsp3) is 0.0714. The van der Waals surface area contributed by atoms with Crippen LogP contribution in [0.4, 0.5) is 11.4 Å². The summed E-state index contributed by atoms with van der Waals surface area (Å²) in [6.45, 7) is 0.